The minimum atomic E-state index is -0.0870. The maximum absolute atomic E-state index is 12.5. The summed E-state index contributed by atoms with van der Waals surface area (Å²) in [5.41, 5.74) is 5.79. The van der Waals surface area contributed by atoms with Crippen LogP contribution in [0.5, 0.6) is 0 Å². The predicted octanol–water partition coefficient (Wildman–Crippen LogP) is 5.26. The van der Waals surface area contributed by atoms with Gasteiger partial charge in [0.05, 0.1) is 5.75 Å². The number of anilines is 1. The molecule has 0 unspecified atom stereocenters. The van der Waals surface area contributed by atoms with Crippen molar-refractivity contribution in [1.29, 1.82) is 0 Å². The van der Waals surface area contributed by atoms with Crippen molar-refractivity contribution < 1.29 is 4.79 Å². The van der Waals surface area contributed by atoms with Crippen LogP contribution in [0.1, 0.15) is 36.6 Å². The van der Waals surface area contributed by atoms with Crippen LogP contribution in [0.4, 0.5) is 5.69 Å². The van der Waals surface area contributed by atoms with Crippen LogP contribution in [0, 0.1) is 13.8 Å². The van der Waals surface area contributed by atoms with Crippen molar-refractivity contribution in [2.75, 3.05) is 11.1 Å². The molecule has 6 nitrogen and oxygen atoms in total. The van der Waals surface area contributed by atoms with Gasteiger partial charge in [-0.2, -0.15) is 0 Å². The van der Waals surface area contributed by atoms with E-state index in [9.17, 15) is 4.79 Å². The van der Waals surface area contributed by atoms with Crippen LogP contribution in [0.15, 0.2) is 59.8 Å². The molecule has 2 heterocycles. The second-order valence-electron chi connectivity index (χ2n) is 7.88. The Bertz CT molecular complexity index is 1210. The van der Waals surface area contributed by atoms with Crippen LogP contribution in [0.2, 0.25) is 0 Å². The van der Waals surface area contributed by atoms with Gasteiger partial charge >= 0.3 is 0 Å². The van der Waals surface area contributed by atoms with Crippen LogP contribution in [0.3, 0.4) is 0 Å². The monoisotopic (exact) mass is 431 g/mol. The molecule has 0 spiro atoms. The van der Waals surface area contributed by atoms with Gasteiger partial charge in [-0.1, -0.05) is 67.6 Å². The van der Waals surface area contributed by atoms with E-state index in [-0.39, 0.29) is 11.7 Å². The molecule has 0 saturated heterocycles. The Morgan fingerprint density at radius 2 is 1.74 bits per heavy atom. The number of nitrogens with zero attached hydrogens (tertiary/aromatic N) is 4. The molecule has 0 aliphatic rings. The van der Waals surface area contributed by atoms with Gasteiger partial charge in [0.2, 0.25) is 5.91 Å². The van der Waals surface area contributed by atoms with E-state index in [1.54, 1.807) is 0 Å². The summed E-state index contributed by atoms with van der Waals surface area (Å²) in [5.74, 6) is 1.37. The average molecular weight is 432 g/mol. The lowest BCUT2D eigenvalue weighted by atomic mass is 10.0. The van der Waals surface area contributed by atoms with E-state index in [0.717, 1.165) is 28.4 Å². The summed E-state index contributed by atoms with van der Waals surface area (Å²) in [7, 11) is 0. The summed E-state index contributed by atoms with van der Waals surface area (Å²) in [6.45, 7) is 8.29. The van der Waals surface area contributed by atoms with E-state index in [0.29, 0.717) is 11.1 Å². The molecular formula is C24H25N5OS. The van der Waals surface area contributed by atoms with Gasteiger partial charge in [-0.05, 0) is 37.5 Å². The second-order valence-corrected chi connectivity index (χ2v) is 8.82. The number of aryl methyl sites for hydroxylation is 2. The van der Waals surface area contributed by atoms with Crippen LogP contribution >= 0.6 is 11.8 Å². The third-order valence-electron chi connectivity index (χ3n) is 4.99. The van der Waals surface area contributed by atoms with Gasteiger partial charge in [0.1, 0.15) is 5.82 Å². The number of rotatable bonds is 6. The van der Waals surface area contributed by atoms with Crippen LogP contribution in [-0.2, 0) is 4.79 Å². The number of fused-ring (bicyclic) bond motifs is 1. The standard InChI is InChI=1S/C24H25N5OS/c1-15(2)18-9-11-20(12-10-18)26-22(30)14-31-24-28-27-21-13-17(4)25-23(29(21)24)19-7-5-16(3)6-8-19/h5-13,15H,14H2,1-4H3,(H,26,30). The molecule has 0 atom stereocenters. The Morgan fingerprint density at radius 1 is 1.03 bits per heavy atom. The summed E-state index contributed by atoms with van der Waals surface area (Å²) >= 11 is 1.35. The number of thioether (sulfide) groups is 1. The van der Waals surface area contributed by atoms with Gasteiger partial charge in [0.15, 0.2) is 10.8 Å². The van der Waals surface area contributed by atoms with Crippen molar-refractivity contribution >= 4 is 29.0 Å². The van der Waals surface area contributed by atoms with Gasteiger partial charge in [-0.3, -0.25) is 9.20 Å². The maximum Gasteiger partial charge on any atom is 0.234 e. The summed E-state index contributed by atoms with van der Waals surface area (Å²) in [4.78, 5) is 17.2. The van der Waals surface area contributed by atoms with Crippen molar-refractivity contribution in [1.82, 2.24) is 19.6 Å². The maximum atomic E-state index is 12.5. The summed E-state index contributed by atoms with van der Waals surface area (Å²) in [6.07, 6.45) is 0. The summed E-state index contributed by atoms with van der Waals surface area (Å²) < 4.78 is 1.91. The molecule has 4 rings (SSSR count). The van der Waals surface area contributed by atoms with Gasteiger partial charge < -0.3 is 5.32 Å². The fraction of sp³-hybridized carbons (Fsp3) is 0.250. The number of hydrogen-bond acceptors (Lipinski definition) is 5. The molecule has 0 radical (unpaired) electrons. The van der Waals surface area contributed by atoms with Crippen LogP contribution < -0.4 is 5.32 Å². The second kappa shape index (κ2) is 8.89. The highest BCUT2D eigenvalue weighted by Crippen LogP contribution is 2.25. The first-order valence-corrected chi connectivity index (χ1v) is 11.2. The van der Waals surface area contributed by atoms with Crippen LogP contribution in [-0.4, -0.2) is 31.2 Å². The van der Waals surface area contributed by atoms with E-state index in [2.05, 4.69) is 48.4 Å². The fourth-order valence-corrected chi connectivity index (χ4v) is 4.02. The predicted molar refractivity (Wildman–Crippen MR) is 126 cm³/mol. The lowest BCUT2D eigenvalue weighted by Crippen LogP contribution is -2.14. The molecule has 7 heteroatoms. The van der Waals surface area contributed by atoms with E-state index in [4.69, 9.17) is 4.98 Å². The number of benzene rings is 2. The number of carbonyl (C=O) groups excluding carboxylic acids is 1. The van der Waals surface area contributed by atoms with Gasteiger partial charge in [-0.25, -0.2) is 4.98 Å². The first-order chi connectivity index (χ1) is 14.9. The Hall–Kier alpha value is -3.19. The normalized spacial score (nSPS) is 11.3. The topological polar surface area (TPSA) is 72.2 Å². The zero-order valence-electron chi connectivity index (χ0n) is 18.1. The van der Waals surface area contributed by atoms with Gasteiger partial charge in [0.25, 0.3) is 0 Å². The molecule has 0 saturated carbocycles. The zero-order valence-corrected chi connectivity index (χ0v) is 18.9. The molecule has 0 aliphatic carbocycles. The van der Waals surface area contributed by atoms with Gasteiger partial charge in [0, 0.05) is 23.0 Å². The number of carbonyl (C=O) groups is 1. The van der Waals surface area contributed by atoms with E-state index in [1.807, 2.05) is 53.8 Å². The summed E-state index contributed by atoms with van der Waals surface area (Å²) in [5, 5.41) is 12.2. The minimum absolute atomic E-state index is 0.0870. The first kappa shape index (κ1) is 21.1. The molecule has 0 aliphatic heterocycles. The molecule has 0 fully saturated rings. The van der Waals surface area contributed by atoms with E-state index < -0.39 is 0 Å². The van der Waals surface area contributed by atoms with Crippen LogP contribution in [0.25, 0.3) is 17.0 Å². The number of hydrogen-bond donors (Lipinski definition) is 1. The Balaban J connectivity index is 1.53. The van der Waals surface area contributed by atoms with Gasteiger partial charge in [-0.15, -0.1) is 10.2 Å². The Morgan fingerprint density at radius 3 is 2.42 bits per heavy atom. The van der Waals surface area contributed by atoms with Crippen molar-refractivity contribution in [3.8, 4) is 11.4 Å². The Kier molecular flexibility index (Phi) is 6.04. The third kappa shape index (κ3) is 4.77. The SMILES string of the molecule is Cc1ccc(-c2nc(C)cc3nnc(SCC(=O)Nc4ccc(C(C)C)cc4)n23)cc1. The largest absolute Gasteiger partial charge is 0.325 e. The highest BCUT2D eigenvalue weighted by atomic mass is 32.2. The lowest BCUT2D eigenvalue weighted by molar-refractivity contribution is -0.113. The van der Waals surface area contributed by atoms with Crippen molar-refractivity contribution in [3.05, 3.63) is 71.4 Å². The third-order valence-corrected chi connectivity index (χ3v) is 5.92. The minimum Gasteiger partial charge on any atom is -0.325 e. The highest BCUT2D eigenvalue weighted by molar-refractivity contribution is 7.99. The summed E-state index contributed by atoms with van der Waals surface area (Å²) in [6, 6.07) is 18.0. The molecule has 1 N–H and O–H groups in total. The zero-order chi connectivity index (χ0) is 22.0. The molecule has 1 amide bonds. The van der Waals surface area contributed by atoms with Crippen molar-refractivity contribution in [3.63, 3.8) is 0 Å². The average Bonchev–Trinajstić information content (AvgIpc) is 3.15. The molecule has 4 aromatic rings. The quantitative estimate of drug-likeness (QED) is 0.422. The first-order valence-electron chi connectivity index (χ1n) is 10.2. The number of aromatic nitrogens is 4. The van der Waals surface area contributed by atoms with E-state index >= 15 is 0 Å². The molecular weight excluding hydrogens is 406 g/mol. The van der Waals surface area contributed by atoms with Crippen molar-refractivity contribution in [2.45, 2.75) is 38.8 Å². The highest BCUT2D eigenvalue weighted by Gasteiger charge is 2.15. The Labute approximate surface area is 186 Å². The molecule has 158 valence electrons. The molecule has 2 aromatic carbocycles. The lowest BCUT2D eigenvalue weighted by Gasteiger charge is -2.09. The molecule has 31 heavy (non-hydrogen) atoms. The smallest absolute Gasteiger partial charge is 0.234 e. The van der Waals surface area contributed by atoms with E-state index in [1.165, 1.54) is 22.9 Å². The molecule has 2 aromatic heterocycles. The molecule has 0 bridgehead atoms. The number of nitrogens with one attached hydrogen (secondary N) is 1. The van der Waals surface area contributed by atoms with Crippen molar-refractivity contribution in [2.24, 2.45) is 0 Å². The fourth-order valence-electron chi connectivity index (χ4n) is 3.28. The number of amides is 1.